The van der Waals surface area contributed by atoms with Gasteiger partial charge in [0.25, 0.3) is 0 Å². The number of halogens is 2. The second-order valence-electron chi connectivity index (χ2n) is 8.80. The van der Waals surface area contributed by atoms with E-state index >= 15 is 0 Å². The molecule has 2 saturated heterocycles. The van der Waals surface area contributed by atoms with E-state index in [9.17, 15) is 4.79 Å². The van der Waals surface area contributed by atoms with Crippen LogP contribution in [0.15, 0.2) is 30.3 Å². The van der Waals surface area contributed by atoms with Crippen LogP contribution in [-0.2, 0) is 9.53 Å². The van der Waals surface area contributed by atoms with Crippen LogP contribution in [0.1, 0.15) is 51.6 Å². The van der Waals surface area contributed by atoms with Crippen molar-refractivity contribution in [2.75, 3.05) is 32.7 Å². The maximum atomic E-state index is 12.9. The van der Waals surface area contributed by atoms with Gasteiger partial charge in [-0.1, -0.05) is 37.3 Å². The molecule has 0 aromatic heterocycles. The topological polar surface area (TPSA) is 58.8 Å². The minimum Gasteiger partial charge on any atom is -0.373 e. The summed E-state index contributed by atoms with van der Waals surface area (Å²) in [7, 11) is 0. The average Bonchev–Trinajstić information content (AvgIpc) is 2.71. The number of likely N-dealkylation sites (tertiary alicyclic amines) is 1. The molecule has 7 heteroatoms. The minimum atomic E-state index is -0.239. The lowest BCUT2D eigenvalue weighted by Crippen LogP contribution is -2.47. The molecule has 2 N–H and O–H groups in total. The average molecular weight is 460 g/mol. The van der Waals surface area contributed by atoms with Crippen molar-refractivity contribution in [3.8, 4) is 0 Å². The second kappa shape index (κ2) is 12.9. The summed E-state index contributed by atoms with van der Waals surface area (Å²) >= 11 is 0. The molecule has 30 heavy (non-hydrogen) atoms. The second-order valence-corrected chi connectivity index (χ2v) is 8.80. The smallest absolute Gasteiger partial charge is 0.227 e. The maximum absolute atomic E-state index is 12.9. The van der Waals surface area contributed by atoms with Crippen molar-refractivity contribution in [3.63, 3.8) is 0 Å². The van der Waals surface area contributed by atoms with Crippen molar-refractivity contribution >= 4 is 30.7 Å². The van der Waals surface area contributed by atoms with Gasteiger partial charge in [0, 0.05) is 32.2 Å². The van der Waals surface area contributed by atoms with E-state index in [-0.39, 0.29) is 42.7 Å². The van der Waals surface area contributed by atoms with Crippen LogP contribution < -0.4 is 5.73 Å². The largest absolute Gasteiger partial charge is 0.373 e. The van der Waals surface area contributed by atoms with Gasteiger partial charge in [-0.25, -0.2) is 0 Å². The zero-order valence-electron chi connectivity index (χ0n) is 18.5. The van der Waals surface area contributed by atoms with Crippen molar-refractivity contribution < 1.29 is 9.53 Å². The van der Waals surface area contributed by atoms with E-state index in [0.717, 1.165) is 57.0 Å². The quantitative estimate of drug-likeness (QED) is 0.700. The number of carbonyl (C=O) groups is 1. The Morgan fingerprint density at radius 3 is 2.23 bits per heavy atom. The molecule has 172 valence electrons. The summed E-state index contributed by atoms with van der Waals surface area (Å²) in [6, 6.07) is 9.71. The highest BCUT2D eigenvalue weighted by atomic mass is 35.5. The first-order valence-corrected chi connectivity index (χ1v) is 10.9. The Labute approximate surface area is 194 Å². The number of hydrogen-bond acceptors (Lipinski definition) is 4. The standard InChI is InChI=1S/C23H37N3O2.2ClH/c1-17-15-25(16-18(2)28-17)12-9-20-10-13-26(14-11-20)23(27)19(3)22(24)21-7-5-4-6-8-21;;/h4-8,17-20,22H,9-16,24H2,1-3H3;2*1H. The van der Waals surface area contributed by atoms with Gasteiger partial charge in [0.05, 0.1) is 18.1 Å². The first kappa shape index (κ1) is 27.2. The van der Waals surface area contributed by atoms with Gasteiger partial charge in [0.2, 0.25) is 5.91 Å². The summed E-state index contributed by atoms with van der Waals surface area (Å²) in [6.45, 7) is 11.2. The molecule has 5 nitrogen and oxygen atoms in total. The Morgan fingerprint density at radius 2 is 1.67 bits per heavy atom. The number of carbonyl (C=O) groups excluding carboxylic acids is 1. The molecule has 4 unspecified atom stereocenters. The van der Waals surface area contributed by atoms with E-state index in [0.29, 0.717) is 12.2 Å². The minimum absolute atomic E-state index is 0. The summed E-state index contributed by atoms with van der Waals surface area (Å²) in [4.78, 5) is 17.5. The fourth-order valence-electron chi connectivity index (χ4n) is 4.68. The maximum Gasteiger partial charge on any atom is 0.227 e. The number of nitrogens with two attached hydrogens (primary N) is 1. The SMILES string of the molecule is CC1CN(CCC2CCN(C(=O)C(C)C(N)c3ccccc3)CC2)CC(C)O1.Cl.Cl. The highest BCUT2D eigenvalue weighted by molar-refractivity contribution is 5.85. The van der Waals surface area contributed by atoms with Crippen molar-refractivity contribution in [2.45, 2.75) is 58.3 Å². The number of piperidine rings is 1. The first-order chi connectivity index (χ1) is 13.4. The van der Waals surface area contributed by atoms with E-state index in [4.69, 9.17) is 10.5 Å². The predicted octanol–water partition coefficient (Wildman–Crippen LogP) is 3.90. The molecular formula is C23H39Cl2N3O2. The molecule has 2 aliphatic heterocycles. The van der Waals surface area contributed by atoms with Gasteiger partial charge in [-0.2, -0.15) is 0 Å². The lowest BCUT2D eigenvalue weighted by molar-refractivity contribution is -0.137. The Hall–Kier alpha value is -0.850. The predicted molar refractivity (Wildman–Crippen MR) is 127 cm³/mol. The van der Waals surface area contributed by atoms with Crippen molar-refractivity contribution in [3.05, 3.63) is 35.9 Å². The summed E-state index contributed by atoms with van der Waals surface area (Å²) in [5.41, 5.74) is 7.40. The molecule has 3 rings (SSSR count). The molecule has 1 amide bonds. The molecule has 0 aliphatic carbocycles. The number of benzene rings is 1. The van der Waals surface area contributed by atoms with E-state index in [2.05, 4.69) is 18.7 Å². The molecule has 2 fully saturated rings. The fraction of sp³-hybridized carbons (Fsp3) is 0.696. The third-order valence-electron chi connectivity index (χ3n) is 6.39. The summed E-state index contributed by atoms with van der Waals surface area (Å²) in [6.07, 6.45) is 4.10. The van der Waals surface area contributed by atoms with E-state index in [1.807, 2.05) is 42.2 Å². The fourth-order valence-corrected chi connectivity index (χ4v) is 4.68. The molecule has 1 aromatic carbocycles. The zero-order chi connectivity index (χ0) is 20.1. The Balaban J connectivity index is 0.00000225. The van der Waals surface area contributed by atoms with Gasteiger partial charge >= 0.3 is 0 Å². The van der Waals surface area contributed by atoms with Crippen LogP contribution in [0.5, 0.6) is 0 Å². The van der Waals surface area contributed by atoms with Crippen LogP contribution in [-0.4, -0.2) is 60.6 Å². The number of nitrogens with zero attached hydrogens (tertiary/aromatic N) is 2. The molecule has 0 radical (unpaired) electrons. The van der Waals surface area contributed by atoms with Gasteiger partial charge in [-0.05, 0) is 51.1 Å². The van der Waals surface area contributed by atoms with Crippen molar-refractivity contribution in [1.82, 2.24) is 9.80 Å². The number of ether oxygens (including phenoxy) is 1. The lowest BCUT2D eigenvalue weighted by Gasteiger charge is -2.38. The monoisotopic (exact) mass is 459 g/mol. The Morgan fingerprint density at radius 1 is 1.10 bits per heavy atom. The Bertz CT molecular complexity index is 616. The number of rotatable bonds is 6. The highest BCUT2D eigenvalue weighted by Gasteiger charge is 2.30. The first-order valence-electron chi connectivity index (χ1n) is 10.9. The van der Waals surface area contributed by atoms with Gasteiger partial charge in [-0.15, -0.1) is 24.8 Å². The van der Waals surface area contributed by atoms with Gasteiger partial charge < -0.3 is 15.4 Å². The van der Waals surface area contributed by atoms with Crippen LogP contribution in [0, 0.1) is 11.8 Å². The molecule has 0 saturated carbocycles. The third kappa shape index (κ3) is 7.38. The van der Waals surface area contributed by atoms with Crippen molar-refractivity contribution in [1.29, 1.82) is 0 Å². The van der Waals surface area contributed by atoms with E-state index in [1.54, 1.807) is 0 Å². The molecule has 0 spiro atoms. The van der Waals surface area contributed by atoms with Crippen LogP contribution in [0.4, 0.5) is 0 Å². The number of hydrogen-bond donors (Lipinski definition) is 1. The lowest BCUT2D eigenvalue weighted by atomic mass is 9.90. The molecular weight excluding hydrogens is 421 g/mol. The molecule has 2 aliphatic rings. The van der Waals surface area contributed by atoms with Gasteiger partial charge in [0.15, 0.2) is 0 Å². The third-order valence-corrected chi connectivity index (χ3v) is 6.39. The zero-order valence-corrected chi connectivity index (χ0v) is 20.2. The molecule has 1 aromatic rings. The van der Waals surface area contributed by atoms with Crippen LogP contribution in [0.2, 0.25) is 0 Å². The van der Waals surface area contributed by atoms with Crippen LogP contribution in [0.3, 0.4) is 0 Å². The number of morpholine rings is 1. The summed E-state index contributed by atoms with van der Waals surface area (Å²) < 4.78 is 5.83. The van der Waals surface area contributed by atoms with E-state index < -0.39 is 0 Å². The summed E-state index contributed by atoms with van der Waals surface area (Å²) in [5, 5.41) is 0. The highest BCUT2D eigenvalue weighted by Crippen LogP contribution is 2.26. The molecule has 0 bridgehead atoms. The Kier molecular flexibility index (Phi) is 11.7. The van der Waals surface area contributed by atoms with E-state index in [1.165, 1.54) is 6.42 Å². The summed E-state index contributed by atoms with van der Waals surface area (Å²) in [5.74, 6) is 0.733. The van der Waals surface area contributed by atoms with Gasteiger partial charge in [-0.3, -0.25) is 9.69 Å². The van der Waals surface area contributed by atoms with Crippen LogP contribution >= 0.6 is 24.8 Å². The molecule has 2 heterocycles. The molecule has 4 atom stereocenters. The van der Waals surface area contributed by atoms with Crippen molar-refractivity contribution in [2.24, 2.45) is 17.6 Å². The van der Waals surface area contributed by atoms with Gasteiger partial charge in [0.1, 0.15) is 0 Å². The normalized spacial score (nSPS) is 25.0. The van der Waals surface area contributed by atoms with Crippen LogP contribution in [0.25, 0.3) is 0 Å². The number of amides is 1.